The minimum atomic E-state index is -2.84. The maximum Gasteiger partial charge on any atom is 0.388 e. The molecule has 2 aromatic rings. The van der Waals surface area contributed by atoms with Crippen molar-refractivity contribution in [2.45, 2.75) is 45.6 Å². The van der Waals surface area contributed by atoms with Crippen LogP contribution in [0.15, 0.2) is 42.6 Å². The molecule has 2 rings (SSSR count). The first-order valence-electron chi connectivity index (χ1n) is 7.69. The molecule has 0 bridgehead atoms. The number of hydrogen-bond donors (Lipinski definition) is 0. The summed E-state index contributed by atoms with van der Waals surface area (Å²) in [5.41, 5.74) is 3.23. The van der Waals surface area contributed by atoms with Gasteiger partial charge in [0.1, 0.15) is 0 Å². The Labute approximate surface area is 130 Å². The predicted molar refractivity (Wildman–Crippen MR) is 84.2 cm³/mol. The van der Waals surface area contributed by atoms with Crippen molar-refractivity contribution >= 4 is 0 Å². The van der Waals surface area contributed by atoms with Crippen molar-refractivity contribution in [1.29, 1.82) is 0 Å². The largest absolute Gasteiger partial charge is 0.417 e. The fourth-order valence-corrected chi connectivity index (χ4v) is 2.33. The van der Waals surface area contributed by atoms with E-state index in [4.69, 9.17) is 0 Å². The normalized spacial score (nSPS) is 10.9. The third-order valence-corrected chi connectivity index (χ3v) is 3.55. The van der Waals surface area contributed by atoms with Gasteiger partial charge in [-0.05, 0) is 30.0 Å². The highest BCUT2D eigenvalue weighted by atomic mass is 19.3. The SMILES string of the molecule is CCCCCCc1ccc(-c2ccc(OC(F)F)nc2)cc1. The van der Waals surface area contributed by atoms with Gasteiger partial charge in [-0.15, -0.1) is 0 Å². The number of aromatic nitrogens is 1. The summed E-state index contributed by atoms with van der Waals surface area (Å²) in [7, 11) is 0. The van der Waals surface area contributed by atoms with Gasteiger partial charge in [0.15, 0.2) is 0 Å². The number of aryl methyl sites for hydroxylation is 1. The van der Waals surface area contributed by atoms with Crippen LogP contribution in [0.3, 0.4) is 0 Å². The highest BCUT2D eigenvalue weighted by molar-refractivity contribution is 5.62. The van der Waals surface area contributed by atoms with Gasteiger partial charge < -0.3 is 4.74 Å². The highest BCUT2D eigenvalue weighted by Gasteiger charge is 2.05. The minimum absolute atomic E-state index is 0.0636. The first-order chi connectivity index (χ1) is 10.7. The number of hydrogen-bond acceptors (Lipinski definition) is 2. The average molecular weight is 305 g/mol. The van der Waals surface area contributed by atoms with Gasteiger partial charge in [0, 0.05) is 17.8 Å². The van der Waals surface area contributed by atoms with Crippen molar-refractivity contribution in [3.05, 3.63) is 48.2 Å². The Kier molecular flexibility index (Phi) is 6.31. The number of alkyl halides is 2. The van der Waals surface area contributed by atoms with E-state index < -0.39 is 6.61 Å². The topological polar surface area (TPSA) is 22.1 Å². The van der Waals surface area contributed by atoms with Gasteiger partial charge in [0.05, 0.1) is 0 Å². The van der Waals surface area contributed by atoms with E-state index >= 15 is 0 Å². The minimum Gasteiger partial charge on any atom is -0.417 e. The zero-order valence-electron chi connectivity index (χ0n) is 12.8. The molecule has 0 saturated heterocycles. The van der Waals surface area contributed by atoms with Crippen LogP contribution in [0.4, 0.5) is 8.78 Å². The van der Waals surface area contributed by atoms with Gasteiger partial charge in [0.25, 0.3) is 0 Å². The van der Waals surface area contributed by atoms with Crippen LogP contribution in [-0.2, 0) is 6.42 Å². The number of nitrogens with zero attached hydrogens (tertiary/aromatic N) is 1. The third-order valence-electron chi connectivity index (χ3n) is 3.55. The van der Waals surface area contributed by atoms with E-state index in [0.29, 0.717) is 0 Å². The molecular formula is C18H21F2NO. The van der Waals surface area contributed by atoms with Crippen molar-refractivity contribution < 1.29 is 13.5 Å². The molecule has 0 unspecified atom stereocenters. The van der Waals surface area contributed by atoms with Gasteiger partial charge in [-0.25, -0.2) is 4.98 Å². The van der Waals surface area contributed by atoms with Crippen LogP contribution in [0.25, 0.3) is 11.1 Å². The van der Waals surface area contributed by atoms with Gasteiger partial charge in [-0.1, -0.05) is 50.5 Å². The van der Waals surface area contributed by atoms with Crippen LogP contribution in [0, 0.1) is 0 Å². The molecule has 0 N–H and O–H groups in total. The molecule has 0 radical (unpaired) electrons. The van der Waals surface area contributed by atoms with Gasteiger partial charge >= 0.3 is 6.61 Å². The Hall–Kier alpha value is -1.97. The second-order valence-corrected chi connectivity index (χ2v) is 5.27. The molecular weight excluding hydrogens is 284 g/mol. The lowest BCUT2D eigenvalue weighted by Crippen LogP contribution is -2.03. The van der Waals surface area contributed by atoms with Gasteiger partial charge in [-0.2, -0.15) is 8.78 Å². The van der Waals surface area contributed by atoms with E-state index in [2.05, 4.69) is 28.8 Å². The number of halogens is 2. The van der Waals surface area contributed by atoms with Crippen LogP contribution < -0.4 is 4.74 Å². The van der Waals surface area contributed by atoms with Crippen molar-refractivity contribution in [3.8, 4) is 17.0 Å². The van der Waals surface area contributed by atoms with E-state index in [0.717, 1.165) is 17.5 Å². The quantitative estimate of drug-likeness (QED) is 0.603. The Bertz CT molecular complexity index is 552. The molecule has 1 heterocycles. The van der Waals surface area contributed by atoms with E-state index in [1.807, 2.05) is 12.1 Å². The molecule has 118 valence electrons. The summed E-state index contributed by atoms with van der Waals surface area (Å²) >= 11 is 0. The number of rotatable bonds is 8. The number of benzene rings is 1. The fourth-order valence-electron chi connectivity index (χ4n) is 2.33. The second kappa shape index (κ2) is 8.47. The molecule has 0 aliphatic carbocycles. The van der Waals surface area contributed by atoms with Gasteiger partial charge in [-0.3, -0.25) is 0 Å². The molecule has 0 aliphatic heterocycles. The van der Waals surface area contributed by atoms with Crippen LogP contribution in [-0.4, -0.2) is 11.6 Å². The van der Waals surface area contributed by atoms with E-state index in [1.165, 1.54) is 37.3 Å². The maximum atomic E-state index is 12.1. The monoisotopic (exact) mass is 305 g/mol. The molecule has 0 aliphatic rings. The standard InChI is InChI=1S/C18H21F2NO/c1-2-3-4-5-6-14-7-9-15(10-8-14)16-11-12-17(21-13-16)22-18(19)20/h7-13,18H,2-6H2,1H3. The summed E-state index contributed by atoms with van der Waals surface area (Å²) in [5.74, 6) is -0.0636. The maximum absolute atomic E-state index is 12.1. The summed E-state index contributed by atoms with van der Waals surface area (Å²) < 4.78 is 28.4. The van der Waals surface area contributed by atoms with E-state index in [-0.39, 0.29) is 5.88 Å². The van der Waals surface area contributed by atoms with Crippen molar-refractivity contribution in [2.24, 2.45) is 0 Å². The van der Waals surface area contributed by atoms with Gasteiger partial charge in [0.2, 0.25) is 5.88 Å². The molecule has 0 atom stereocenters. The second-order valence-electron chi connectivity index (χ2n) is 5.27. The smallest absolute Gasteiger partial charge is 0.388 e. The first-order valence-corrected chi connectivity index (χ1v) is 7.69. The Morgan fingerprint density at radius 2 is 1.68 bits per heavy atom. The molecule has 1 aromatic heterocycles. The van der Waals surface area contributed by atoms with Crippen molar-refractivity contribution in [1.82, 2.24) is 4.98 Å². The van der Waals surface area contributed by atoms with Crippen LogP contribution in [0.5, 0.6) is 5.88 Å². The molecule has 1 aromatic carbocycles. The Morgan fingerprint density at radius 1 is 0.955 bits per heavy atom. The number of unbranched alkanes of at least 4 members (excludes halogenated alkanes) is 3. The zero-order chi connectivity index (χ0) is 15.8. The van der Waals surface area contributed by atoms with E-state index in [1.54, 1.807) is 12.3 Å². The summed E-state index contributed by atoms with van der Waals surface area (Å²) in [6.45, 7) is -0.633. The average Bonchev–Trinajstić information content (AvgIpc) is 2.52. The predicted octanol–water partition coefficient (Wildman–Crippen LogP) is 5.47. The molecule has 4 heteroatoms. The number of pyridine rings is 1. The molecule has 0 spiro atoms. The number of ether oxygens (including phenoxy) is 1. The molecule has 0 fully saturated rings. The molecule has 2 nitrogen and oxygen atoms in total. The zero-order valence-corrected chi connectivity index (χ0v) is 12.8. The van der Waals surface area contributed by atoms with Crippen molar-refractivity contribution in [3.63, 3.8) is 0 Å². The molecule has 22 heavy (non-hydrogen) atoms. The lowest BCUT2D eigenvalue weighted by atomic mass is 10.0. The Balaban J connectivity index is 1.95. The summed E-state index contributed by atoms with van der Waals surface area (Å²) in [4.78, 5) is 3.89. The fraction of sp³-hybridized carbons (Fsp3) is 0.389. The summed E-state index contributed by atoms with van der Waals surface area (Å²) in [6, 6.07) is 11.5. The van der Waals surface area contributed by atoms with Crippen LogP contribution >= 0.6 is 0 Å². The molecule has 0 amide bonds. The molecule has 0 saturated carbocycles. The summed E-state index contributed by atoms with van der Waals surface area (Å²) in [6.07, 6.45) is 7.67. The summed E-state index contributed by atoms with van der Waals surface area (Å²) in [5, 5.41) is 0. The van der Waals surface area contributed by atoms with E-state index in [9.17, 15) is 8.78 Å². The Morgan fingerprint density at radius 3 is 2.27 bits per heavy atom. The van der Waals surface area contributed by atoms with Crippen molar-refractivity contribution in [2.75, 3.05) is 0 Å². The first kappa shape index (κ1) is 16.4. The lowest BCUT2D eigenvalue weighted by molar-refractivity contribution is -0.0528. The van der Waals surface area contributed by atoms with Crippen LogP contribution in [0.2, 0.25) is 0 Å². The lowest BCUT2D eigenvalue weighted by Gasteiger charge is -2.06. The highest BCUT2D eigenvalue weighted by Crippen LogP contribution is 2.22. The van der Waals surface area contributed by atoms with Crippen LogP contribution in [0.1, 0.15) is 38.2 Å². The third kappa shape index (κ3) is 5.10.